The number of nitro benzene ring substituents is 1. The number of hydrazone groups is 1. The molecule has 0 spiro atoms. The van der Waals surface area contributed by atoms with E-state index >= 15 is 0 Å². The van der Waals surface area contributed by atoms with Gasteiger partial charge in [-0.05, 0) is 57.2 Å². The molecule has 0 saturated carbocycles. The Morgan fingerprint density at radius 3 is 2.36 bits per heavy atom. The number of para-hydroxylation sites is 1. The van der Waals surface area contributed by atoms with Gasteiger partial charge < -0.3 is 9.67 Å². The number of carboxylic acids is 1. The third kappa shape index (κ3) is 5.80. The van der Waals surface area contributed by atoms with E-state index < -0.39 is 31.5 Å². The molecule has 200 valence electrons. The minimum absolute atomic E-state index is 0.0375. The van der Waals surface area contributed by atoms with Crippen LogP contribution in [0, 0.1) is 30.9 Å². The highest BCUT2D eigenvalue weighted by Gasteiger charge is 2.24. The molecule has 12 heteroatoms. The van der Waals surface area contributed by atoms with Gasteiger partial charge in [0.25, 0.3) is 15.7 Å². The van der Waals surface area contributed by atoms with Crippen LogP contribution in [0.15, 0.2) is 82.8 Å². The molecule has 0 saturated heterocycles. The number of nitro groups is 1. The fourth-order valence-electron chi connectivity index (χ4n) is 4.08. The number of hydrogen-bond acceptors (Lipinski definition) is 7. The lowest BCUT2D eigenvalue weighted by atomic mass is 10.2. The summed E-state index contributed by atoms with van der Waals surface area (Å²) in [5, 5.41) is 25.0. The molecule has 0 radical (unpaired) electrons. The van der Waals surface area contributed by atoms with Gasteiger partial charge in [-0.15, -0.1) is 0 Å². The number of sulfonamides is 1. The van der Waals surface area contributed by atoms with Crippen molar-refractivity contribution >= 4 is 39.3 Å². The van der Waals surface area contributed by atoms with Crippen molar-refractivity contribution < 1.29 is 23.2 Å². The lowest BCUT2D eigenvalue weighted by molar-refractivity contribution is -0.385. The van der Waals surface area contributed by atoms with Crippen LogP contribution in [0.3, 0.4) is 0 Å². The van der Waals surface area contributed by atoms with Gasteiger partial charge in [-0.3, -0.25) is 20.3 Å². The van der Waals surface area contributed by atoms with Crippen molar-refractivity contribution in [2.45, 2.75) is 25.7 Å². The second-order valence-corrected chi connectivity index (χ2v) is 10.4. The number of carboxylic acid groups (broad SMARTS) is 1. The largest absolute Gasteiger partial charge is 0.478 e. The normalized spacial score (nSPS) is 11.5. The number of nitrogens with one attached hydrogen (secondary N) is 2. The third-order valence-corrected chi connectivity index (χ3v) is 7.42. The van der Waals surface area contributed by atoms with Crippen LogP contribution in [0.5, 0.6) is 0 Å². The van der Waals surface area contributed by atoms with Gasteiger partial charge in [0.2, 0.25) is 0 Å². The molecule has 39 heavy (non-hydrogen) atoms. The molecule has 1 aromatic heterocycles. The molecule has 4 aromatic rings. The van der Waals surface area contributed by atoms with Crippen molar-refractivity contribution in [3.8, 4) is 5.69 Å². The molecular formula is C27H25N5O6S. The van der Waals surface area contributed by atoms with Gasteiger partial charge in [-0.25, -0.2) is 13.2 Å². The zero-order valence-corrected chi connectivity index (χ0v) is 22.1. The number of aromatic nitrogens is 1. The summed E-state index contributed by atoms with van der Waals surface area (Å²) in [6.45, 7) is 5.90. The van der Waals surface area contributed by atoms with E-state index in [1.54, 1.807) is 0 Å². The maximum absolute atomic E-state index is 13.3. The Kier molecular flexibility index (Phi) is 7.49. The molecule has 0 aliphatic rings. The van der Waals surface area contributed by atoms with Crippen LogP contribution in [0.2, 0.25) is 0 Å². The van der Waals surface area contributed by atoms with E-state index in [1.807, 2.05) is 51.1 Å². The molecule has 0 amide bonds. The second kappa shape index (κ2) is 10.8. The minimum Gasteiger partial charge on any atom is -0.478 e. The van der Waals surface area contributed by atoms with E-state index in [0.29, 0.717) is 0 Å². The van der Waals surface area contributed by atoms with Crippen LogP contribution in [-0.4, -0.2) is 35.2 Å². The number of benzene rings is 3. The molecule has 0 fully saturated rings. The van der Waals surface area contributed by atoms with E-state index in [0.717, 1.165) is 40.3 Å². The van der Waals surface area contributed by atoms with Crippen molar-refractivity contribution in [2.75, 3.05) is 10.1 Å². The summed E-state index contributed by atoms with van der Waals surface area (Å²) in [6, 6.07) is 18.7. The summed E-state index contributed by atoms with van der Waals surface area (Å²) < 4.78 is 30.8. The fraction of sp³-hybridized carbons (Fsp3) is 0.111. The summed E-state index contributed by atoms with van der Waals surface area (Å²) in [7, 11) is -4.46. The Morgan fingerprint density at radius 2 is 1.69 bits per heavy atom. The Labute approximate surface area is 224 Å². The molecular weight excluding hydrogens is 522 g/mol. The van der Waals surface area contributed by atoms with Crippen LogP contribution in [-0.2, 0) is 10.0 Å². The van der Waals surface area contributed by atoms with Gasteiger partial charge in [0.15, 0.2) is 0 Å². The molecule has 1 heterocycles. The predicted octanol–water partition coefficient (Wildman–Crippen LogP) is 5.26. The van der Waals surface area contributed by atoms with Crippen LogP contribution in [0.25, 0.3) is 5.69 Å². The maximum atomic E-state index is 13.3. The summed E-state index contributed by atoms with van der Waals surface area (Å²) in [6.07, 6.45) is 1.53. The van der Waals surface area contributed by atoms with E-state index in [4.69, 9.17) is 0 Å². The first-order valence-electron chi connectivity index (χ1n) is 11.7. The van der Waals surface area contributed by atoms with E-state index in [2.05, 4.69) is 19.8 Å². The molecule has 0 aliphatic heterocycles. The van der Waals surface area contributed by atoms with E-state index in [9.17, 15) is 28.4 Å². The molecule has 0 aliphatic carbocycles. The SMILES string of the molecule is Cc1ccc(-n2c(C)cc(/C=N\Nc3ccc([N+](=O)[O-])cc3S(=O)(=O)Nc3ccccc3C(=O)O)c2C)cc1. The lowest BCUT2D eigenvalue weighted by Gasteiger charge is -2.13. The Balaban J connectivity index is 1.67. The minimum atomic E-state index is -4.46. The number of rotatable bonds is 9. The van der Waals surface area contributed by atoms with Crippen LogP contribution >= 0.6 is 0 Å². The van der Waals surface area contributed by atoms with Gasteiger partial charge in [0.1, 0.15) is 4.90 Å². The Bertz CT molecular complexity index is 1710. The maximum Gasteiger partial charge on any atom is 0.337 e. The Morgan fingerprint density at radius 1 is 1.00 bits per heavy atom. The predicted molar refractivity (Wildman–Crippen MR) is 149 cm³/mol. The number of nitrogens with zero attached hydrogens (tertiary/aromatic N) is 3. The third-order valence-electron chi connectivity index (χ3n) is 6.02. The summed E-state index contributed by atoms with van der Waals surface area (Å²) in [5.74, 6) is -1.33. The highest BCUT2D eigenvalue weighted by Crippen LogP contribution is 2.29. The van der Waals surface area contributed by atoms with Crippen molar-refractivity contribution in [1.29, 1.82) is 0 Å². The van der Waals surface area contributed by atoms with Gasteiger partial charge in [-0.2, -0.15) is 5.10 Å². The number of hydrogen-bond donors (Lipinski definition) is 3. The molecule has 0 bridgehead atoms. The number of aromatic carboxylic acids is 1. The molecule has 3 aromatic carbocycles. The van der Waals surface area contributed by atoms with Gasteiger partial charge in [0.05, 0.1) is 28.1 Å². The standard InChI is InChI=1S/C27H25N5O6S/c1-17-8-10-21(11-9-17)31-18(2)14-20(19(31)3)16-28-29-25-13-12-22(32(35)36)15-26(25)39(37,38)30-24-7-5-4-6-23(24)27(33)34/h4-16,29-30H,1-3H3,(H,33,34)/b28-16-. The first-order chi connectivity index (χ1) is 18.5. The van der Waals surface area contributed by atoms with Crippen LogP contribution in [0.1, 0.15) is 32.9 Å². The monoisotopic (exact) mass is 547 g/mol. The average Bonchev–Trinajstić information content (AvgIpc) is 3.17. The summed E-state index contributed by atoms with van der Waals surface area (Å²) >= 11 is 0. The van der Waals surface area contributed by atoms with Crippen molar-refractivity contribution in [3.63, 3.8) is 0 Å². The smallest absolute Gasteiger partial charge is 0.337 e. The molecule has 4 rings (SSSR count). The van der Waals surface area contributed by atoms with Crippen molar-refractivity contribution in [2.24, 2.45) is 5.10 Å². The van der Waals surface area contributed by atoms with Crippen LogP contribution < -0.4 is 10.1 Å². The number of aryl methyl sites for hydroxylation is 2. The van der Waals surface area contributed by atoms with Gasteiger partial charge >= 0.3 is 5.97 Å². The van der Waals surface area contributed by atoms with Crippen molar-refractivity contribution in [3.05, 3.63) is 111 Å². The Hall–Kier alpha value is -4.97. The highest BCUT2D eigenvalue weighted by molar-refractivity contribution is 7.93. The van der Waals surface area contributed by atoms with Crippen molar-refractivity contribution in [1.82, 2.24) is 4.57 Å². The zero-order valence-electron chi connectivity index (χ0n) is 21.2. The molecule has 0 unspecified atom stereocenters. The molecule has 0 atom stereocenters. The van der Waals surface area contributed by atoms with Gasteiger partial charge in [0, 0.05) is 34.8 Å². The zero-order chi connectivity index (χ0) is 28.3. The topological polar surface area (TPSA) is 156 Å². The molecule has 3 N–H and O–H groups in total. The molecule has 11 nitrogen and oxygen atoms in total. The van der Waals surface area contributed by atoms with E-state index in [1.165, 1.54) is 36.5 Å². The quantitative estimate of drug-likeness (QED) is 0.147. The number of carbonyl (C=O) groups is 1. The van der Waals surface area contributed by atoms with Crippen LogP contribution in [0.4, 0.5) is 17.1 Å². The first-order valence-corrected chi connectivity index (χ1v) is 13.1. The average molecular weight is 548 g/mol. The first kappa shape index (κ1) is 27.1. The number of non-ortho nitro benzene ring substituents is 1. The highest BCUT2D eigenvalue weighted by atomic mass is 32.2. The summed E-state index contributed by atoms with van der Waals surface area (Å²) in [5.41, 5.74) is 6.49. The number of anilines is 2. The summed E-state index contributed by atoms with van der Waals surface area (Å²) in [4.78, 5) is 21.7. The fourth-order valence-corrected chi connectivity index (χ4v) is 5.34. The van der Waals surface area contributed by atoms with Gasteiger partial charge in [-0.1, -0.05) is 29.8 Å². The van der Waals surface area contributed by atoms with E-state index in [-0.39, 0.29) is 16.9 Å². The second-order valence-electron chi connectivity index (χ2n) is 8.76. The lowest BCUT2D eigenvalue weighted by Crippen LogP contribution is -2.17.